The highest BCUT2D eigenvalue weighted by atomic mass is 35.5. The molecule has 23 heavy (non-hydrogen) atoms. The van der Waals surface area contributed by atoms with E-state index in [-0.39, 0.29) is 10.9 Å². The molecule has 0 saturated heterocycles. The van der Waals surface area contributed by atoms with Crippen LogP contribution >= 0.6 is 11.6 Å². The molecule has 0 aliphatic heterocycles. The number of Topliss-reactive ketones (excluding diaryl/α,β-unsaturated/α-hetero) is 1. The van der Waals surface area contributed by atoms with Gasteiger partial charge in [0.05, 0.1) is 16.9 Å². The highest BCUT2D eigenvalue weighted by Gasteiger charge is 2.19. The van der Waals surface area contributed by atoms with Gasteiger partial charge in [-0.2, -0.15) is 5.10 Å². The average molecular weight is 321 g/mol. The van der Waals surface area contributed by atoms with Crippen molar-refractivity contribution in [2.45, 2.75) is 6.92 Å². The molecule has 0 aliphatic rings. The van der Waals surface area contributed by atoms with Crippen molar-refractivity contribution in [1.82, 2.24) is 9.78 Å². The molecule has 4 heteroatoms. The van der Waals surface area contributed by atoms with Gasteiger partial charge in [-0.1, -0.05) is 53.9 Å². The van der Waals surface area contributed by atoms with E-state index in [2.05, 4.69) is 16.9 Å². The number of ketones is 1. The lowest BCUT2D eigenvalue weighted by Gasteiger charge is -2.01. The second-order valence-electron chi connectivity index (χ2n) is 4.94. The van der Waals surface area contributed by atoms with Crippen LogP contribution in [0.5, 0.6) is 0 Å². The van der Waals surface area contributed by atoms with Gasteiger partial charge in [0, 0.05) is 5.56 Å². The molecule has 3 nitrogen and oxygen atoms in total. The first kappa shape index (κ1) is 15.1. The number of carbonyl (C=O) groups is 1. The van der Waals surface area contributed by atoms with Crippen LogP contribution in [0.2, 0.25) is 5.15 Å². The molecule has 0 spiro atoms. The zero-order valence-corrected chi connectivity index (χ0v) is 13.2. The molecule has 0 amide bonds. The van der Waals surface area contributed by atoms with Crippen LogP contribution in [-0.2, 0) is 0 Å². The average Bonchev–Trinajstić information content (AvgIpc) is 2.89. The summed E-state index contributed by atoms with van der Waals surface area (Å²) in [7, 11) is 0. The maximum absolute atomic E-state index is 12.4. The van der Waals surface area contributed by atoms with Gasteiger partial charge in [-0.05, 0) is 37.1 Å². The number of carbonyl (C=O) groups excluding carboxylic acids is 1. The molecule has 2 aromatic carbocycles. The van der Waals surface area contributed by atoms with Gasteiger partial charge in [0.2, 0.25) is 5.78 Å². The summed E-state index contributed by atoms with van der Waals surface area (Å²) in [6.45, 7) is 1.75. The zero-order chi connectivity index (χ0) is 16.2. The normalized spacial score (nSPS) is 10.0. The monoisotopic (exact) mass is 320 g/mol. The molecular weight excluding hydrogens is 308 g/mol. The standard InChI is InChI=1S/C19H13ClN2O/c1-14-18(17(23)13-12-15-8-4-2-5-9-15)19(20)22(21-14)16-10-6-3-7-11-16/h2-11H,1H3. The zero-order valence-electron chi connectivity index (χ0n) is 12.5. The fourth-order valence-corrected chi connectivity index (χ4v) is 2.57. The van der Waals surface area contributed by atoms with Crippen LogP contribution in [0.3, 0.4) is 0 Å². The Morgan fingerprint density at radius 3 is 2.30 bits per heavy atom. The van der Waals surface area contributed by atoms with Gasteiger partial charge in [0.1, 0.15) is 5.15 Å². The quantitative estimate of drug-likeness (QED) is 0.527. The van der Waals surface area contributed by atoms with Crippen LogP contribution in [0.15, 0.2) is 60.7 Å². The van der Waals surface area contributed by atoms with E-state index in [4.69, 9.17) is 11.6 Å². The molecule has 1 heterocycles. The van der Waals surface area contributed by atoms with Crippen molar-refractivity contribution < 1.29 is 4.79 Å². The summed E-state index contributed by atoms with van der Waals surface area (Å²) in [5.41, 5.74) is 2.49. The Labute approximate surface area is 139 Å². The molecule has 3 aromatic rings. The highest BCUT2D eigenvalue weighted by molar-refractivity contribution is 6.34. The van der Waals surface area contributed by atoms with E-state index >= 15 is 0 Å². The van der Waals surface area contributed by atoms with Gasteiger partial charge in [-0.3, -0.25) is 4.79 Å². The van der Waals surface area contributed by atoms with E-state index in [1.165, 1.54) is 0 Å². The van der Waals surface area contributed by atoms with Crippen molar-refractivity contribution in [2.75, 3.05) is 0 Å². The van der Waals surface area contributed by atoms with E-state index in [0.717, 1.165) is 11.3 Å². The number of nitrogens with zero attached hydrogens (tertiary/aromatic N) is 2. The largest absolute Gasteiger partial charge is 0.279 e. The first-order valence-corrected chi connectivity index (χ1v) is 7.46. The summed E-state index contributed by atoms with van der Waals surface area (Å²) >= 11 is 6.35. The molecule has 0 unspecified atom stereocenters. The Morgan fingerprint density at radius 1 is 1.04 bits per heavy atom. The molecular formula is C19H13ClN2O. The first-order valence-electron chi connectivity index (χ1n) is 7.09. The fourth-order valence-electron chi connectivity index (χ4n) is 2.21. The number of aryl methyl sites for hydroxylation is 1. The molecule has 3 rings (SSSR count). The maximum Gasteiger partial charge on any atom is 0.241 e. The second-order valence-corrected chi connectivity index (χ2v) is 5.30. The summed E-state index contributed by atoms with van der Waals surface area (Å²) in [5.74, 6) is 5.15. The van der Waals surface area contributed by atoms with Crippen molar-refractivity contribution in [2.24, 2.45) is 0 Å². The summed E-state index contributed by atoms with van der Waals surface area (Å²) < 4.78 is 1.55. The van der Waals surface area contributed by atoms with Gasteiger partial charge in [0.25, 0.3) is 0 Å². The number of hydrogen-bond acceptors (Lipinski definition) is 2. The van der Waals surface area contributed by atoms with Crippen molar-refractivity contribution in [3.8, 4) is 17.5 Å². The van der Waals surface area contributed by atoms with E-state index in [0.29, 0.717) is 11.3 Å². The molecule has 0 fully saturated rings. The summed E-state index contributed by atoms with van der Waals surface area (Å²) in [4.78, 5) is 12.4. The lowest BCUT2D eigenvalue weighted by molar-refractivity contribution is 0.105. The minimum atomic E-state index is -0.335. The van der Waals surface area contributed by atoms with Crippen molar-refractivity contribution in [1.29, 1.82) is 0 Å². The Kier molecular flexibility index (Phi) is 4.27. The fraction of sp³-hybridized carbons (Fsp3) is 0.0526. The van der Waals surface area contributed by atoms with E-state index < -0.39 is 0 Å². The number of para-hydroxylation sites is 1. The summed E-state index contributed by atoms with van der Waals surface area (Å²) in [6, 6.07) is 18.8. The molecule has 0 saturated carbocycles. The van der Waals surface area contributed by atoms with Gasteiger partial charge in [-0.15, -0.1) is 0 Å². The number of hydrogen-bond donors (Lipinski definition) is 0. The third kappa shape index (κ3) is 3.18. The number of benzene rings is 2. The van der Waals surface area contributed by atoms with Crippen LogP contribution in [-0.4, -0.2) is 15.6 Å². The van der Waals surface area contributed by atoms with Crippen molar-refractivity contribution in [3.05, 3.63) is 82.6 Å². The van der Waals surface area contributed by atoms with Gasteiger partial charge >= 0.3 is 0 Å². The van der Waals surface area contributed by atoms with Crippen LogP contribution in [0.25, 0.3) is 5.69 Å². The number of halogens is 1. The van der Waals surface area contributed by atoms with Gasteiger partial charge < -0.3 is 0 Å². The summed E-state index contributed by atoms with van der Waals surface area (Å²) in [5, 5.41) is 4.63. The SMILES string of the molecule is Cc1nn(-c2ccccc2)c(Cl)c1C(=O)C#Cc1ccccc1. The lowest BCUT2D eigenvalue weighted by atomic mass is 10.1. The smallest absolute Gasteiger partial charge is 0.241 e. The van der Waals surface area contributed by atoms with E-state index in [1.807, 2.05) is 60.7 Å². The molecule has 0 radical (unpaired) electrons. The van der Waals surface area contributed by atoms with Crippen LogP contribution in [0.4, 0.5) is 0 Å². The predicted molar refractivity (Wildman–Crippen MR) is 91.0 cm³/mol. The van der Waals surface area contributed by atoms with Crippen molar-refractivity contribution in [3.63, 3.8) is 0 Å². The third-order valence-corrected chi connectivity index (χ3v) is 3.68. The van der Waals surface area contributed by atoms with Crippen molar-refractivity contribution >= 4 is 17.4 Å². The van der Waals surface area contributed by atoms with Crippen LogP contribution < -0.4 is 0 Å². The Hall–Kier alpha value is -2.83. The second kappa shape index (κ2) is 6.51. The Balaban J connectivity index is 1.97. The molecule has 0 N–H and O–H groups in total. The minimum absolute atomic E-state index is 0.279. The molecule has 0 atom stereocenters. The van der Waals surface area contributed by atoms with E-state index in [1.54, 1.807) is 11.6 Å². The molecule has 0 aliphatic carbocycles. The van der Waals surface area contributed by atoms with Gasteiger partial charge in [0.15, 0.2) is 0 Å². The lowest BCUT2D eigenvalue weighted by Crippen LogP contribution is -1.98. The number of aromatic nitrogens is 2. The maximum atomic E-state index is 12.4. The van der Waals surface area contributed by atoms with Gasteiger partial charge in [-0.25, -0.2) is 4.68 Å². The minimum Gasteiger partial charge on any atom is -0.279 e. The predicted octanol–water partition coefficient (Wildman–Crippen LogP) is 4.07. The van der Waals surface area contributed by atoms with Crippen LogP contribution in [0, 0.1) is 18.8 Å². The molecule has 112 valence electrons. The Morgan fingerprint density at radius 2 is 1.65 bits per heavy atom. The molecule has 0 bridgehead atoms. The Bertz CT molecular complexity index is 903. The molecule has 1 aromatic heterocycles. The van der Waals surface area contributed by atoms with E-state index in [9.17, 15) is 4.79 Å². The summed E-state index contributed by atoms with van der Waals surface area (Å²) in [6.07, 6.45) is 0. The third-order valence-electron chi connectivity index (χ3n) is 3.33. The highest BCUT2D eigenvalue weighted by Crippen LogP contribution is 2.23. The first-order chi connectivity index (χ1) is 11.2. The number of rotatable bonds is 2. The van der Waals surface area contributed by atoms with Crippen LogP contribution in [0.1, 0.15) is 21.6 Å². The topological polar surface area (TPSA) is 34.9 Å².